The first kappa shape index (κ1) is 17.5. The van der Waals surface area contributed by atoms with Crippen LogP contribution in [0.25, 0.3) is 5.57 Å². The van der Waals surface area contributed by atoms with Gasteiger partial charge in [-0.05, 0) is 66.4 Å². The summed E-state index contributed by atoms with van der Waals surface area (Å²) in [7, 11) is 1.71. The number of carbonyl (C=O) groups is 1. The Morgan fingerprint density at radius 3 is 2.44 bits per heavy atom. The Hall–Kier alpha value is -2.35. The third-order valence-corrected chi connectivity index (χ3v) is 5.10. The smallest absolute Gasteiger partial charge is 0.127 e. The van der Waals surface area contributed by atoms with E-state index in [9.17, 15) is 4.79 Å². The summed E-state index contributed by atoms with van der Waals surface area (Å²) in [6.45, 7) is 0. The highest BCUT2D eigenvalue weighted by atomic mass is 16.5. The summed E-state index contributed by atoms with van der Waals surface area (Å²) in [6, 6.07) is 16.9. The van der Waals surface area contributed by atoms with E-state index in [0.717, 1.165) is 32.0 Å². The maximum absolute atomic E-state index is 10.7. The molecule has 2 nitrogen and oxygen atoms in total. The molecular weight excluding hydrogens is 308 g/mol. The lowest BCUT2D eigenvalue weighted by Gasteiger charge is -2.20. The molecule has 0 saturated carbocycles. The fourth-order valence-corrected chi connectivity index (χ4v) is 3.85. The van der Waals surface area contributed by atoms with Gasteiger partial charge in [0.2, 0.25) is 0 Å². The molecule has 0 aromatic heterocycles. The molecule has 0 spiro atoms. The number of benzene rings is 2. The van der Waals surface area contributed by atoms with Crippen molar-refractivity contribution in [3.63, 3.8) is 0 Å². The zero-order chi connectivity index (χ0) is 17.5. The summed E-state index contributed by atoms with van der Waals surface area (Å²) in [4.78, 5) is 10.7. The summed E-state index contributed by atoms with van der Waals surface area (Å²) in [5, 5.41) is 0. The predicted molar refractivity (Wildman–Crippen MR) is 103 cm³/mol. The summed E-state index contributed by atoms with van der Waals surface area (Å²) in [6.07, 6.45) is 9.87. The van der Waals surface area contributed by atoms with E-state index < -0.39 is 0 Å². The number of hydrogen-bond acceptors (Lipinski definition) is 2. The maximum atomic E-state index is 10.7. The quantitative estimate of drug-likeness (QED) is 0.549. The Bertz CT molecular complexity index is 745. The van der Waals surface area contributed by atoms with Crippen molar-refractivity contribution in [2.75, 3.05) is 7.11 Å². The van der Waals surface area contributed by atoms with Crippen LogP contribution in [0.1, 0.15) is 53.9 Å². The number of carbonyl (C=O) groups excluding carboxylic acids is 1. The fraction of sp³-hybridized carbons (Fsp3) is 0.348. The molecule has 1 unspecified atom stereocenters. The van der Waals surface area contributed by atoms with Gasteiger partial charge >= 0.3 is 0 Å². The Balaban J connectivity index is 0.000000146. The third kappa shape index (κ3) is 4.19. The van der Waals surface area contributed by atoms with E-state index in [0.29, 0.717) is 0 Å². The van der Waals surface area contributed by atoms with Gasteiger partial charge in [-0.25, -0.2) is 0 Å². The highest BCUT2D eigenvalue weighted by Gasteiger charge is 2.18. The number of allylic oxidation sites excluding steroid dienone is 1. The van der Waals surface area contributed by atoms with Gasteiger partial charge in [0.1, 0.15) is 6.29 Å². The van der Waals surface area contributed by atoms with Crippen molar-refractivity contribution < 1.29 is 9.53 Å². The minimum Gasteiger partial charge on any atom is -0.504 e. The van der Waals surface area contributed by atoms with E-state index in [1.54, 1.807) is 7.11 Å². The van der Waals surface area contributed by atoms with E-state index in [-0.39, 0.29) is 5.92 Å². The summed E-state index contributed by atoms with van der Waals surface area (Å²) < 4.78 is 5.08. The number of aryl methyl sites for hydroxylation is 2. The minimum absolute atomic E-state index is 0.162. The molecule has 130 valence electrons. The number of ether oxygens (including phenoxy) is 1. The standard InChI is InChI=1S/C12H14O.C11H12O/c1-13-9-11-7-4-6-10-5-2-3-8-12(10)11;12-8-10-6-3-5-9-4-1-2-7-11(9)10/h2-3,5,8-9H,4,6-7H2,1H3;1-2,4,7-8,10H,3,5-6H2/b11-9-;. The number of hydrogen-bond donors (Lipinski definition) is 0. The molecule has 4 rings (SSSR count). The van der Waals surface area contributed by atoms with E-state index >= 15 is 0 Å². The van der Waals surface area contributed by atoms with Gasteiger partial charge in [-0.3, -0.25) is 0 Å². The first-order valence-corrected chi connectivity index (χ1v) is 9.16. The third-order valence-electron chi connectivity index (χ3n) is 5.10. The van der Waals surface area contributed by atoms with Crippen LogP contribution < -0.4 is 0 Å². The second kappa shape index (κ2) is 8.66. The van der Waals surface area contributed by atoms with Gasteiger partial charge in [0.15, 0.2) is 0 Å². The van der Waals surface area contributed by atoms with Gasteiger partial charge in [-0.2, -0.15) is 0 Å². The second-order valence-corrected chi connectivity index (χ2v) is 6.72. The van der Waals surface area contributed by atoms with Crippen molar-refractivity contribution in [3.8, 4) is 0 Å². The van der Waals surface area contributed by atoms with Crippen LogP contribution in [-0.2, 0) is 22.4 Å². The van der Waals surface area contributed by atoms with Gasteiger partial charge in [-0.1, -0.05) is 48.5 Å². The fourth-order valence-electron chi connectivity index (χ4n) is 3.85. The lowest BCUT2D eigenvalue weighted by Crippen LogP contribution is -2.10. The SMILES string of the molecule is CO/C=C1/CCCc2ccccc21.O=CC1CCCc2ccccc21. The van der Waals surface area contributed by atoms with Crippen LogP contribution in [0.3, 0.4) is 0 Å². The van der Waals surface area contributed by atoms with E-state index in [1.807, 2.05) is 18.4 Å². The summed E-state index contributed by atoms with van der Waals surface area (Å²) >= 11 is 0. The summed E-state index contributed by atoms with van der Waals surface area (Å²) in [5.74, 6) is 0.162. The molecule has 1 atom stereocenters. The molecule has 0 aliphatic heterocycles. The topological polar surface area (TPSA) is 26.3 Å². The van der Waals surface area contributed by atoms with Crippen molar-refractivity contribution in [3.05, 3.63) is 77.0 Å². The molecule has 0 amide bonds. The number of rotatable bonds is 2. The van der Waals surface area contributed by atoms with Crippen molar-refractivity contribution in [2.24, 2.45) is 0 Å². The van der Waals surface area contributed by atoms with Crippen LogP contribution in [0.4, 0.5) is 0 Å². The predicted octanol–water partition coefficient (Wildman–Crippen LogP) is 5.32. The largest absolute Gasteiger partial charge is 0.504 e. The molecule has 0 bridgehead atoms. The molecule has 0 heterocycles. The number of methoxy groups -OCH3 is 1. The molecule has 2 aliphatic carbocycles. The van der Waals surface area contributed by atoms with Crippen molar-refractivity contribution in [1.29, 1.82) is 0 Å². The number of aldehydes is 1. The molecule has 2 heteroatoms. The Morgan fingerprint density at radius 2 is 1.64 bits per heavy atom. The normalized spacial score (nSPS) is 19.9. The molecule has 0 N–H and O–H groups in total. The van der Waals surface area contributed by atoms with Crippen LogP contribution in [0.2, 0.25) is 0 Å². The first-order valence-electron chi connectivity index (χ1n) is 9.16. The van der Waals surface area contributed by atoms with Gasteiger partial charge in [-0.15, -0.1) is 0 Å². The van der Waals surface area contributed by atoms with Crippen LogP contribution >= 0.6 is 0 Å². The molecule has 0 fully saturated rings. The van der Waals surface area contributed by atoms with Crippen LogP contribution in [0.15, 0.2) is 54.8 Å². The Morgan fingerprint density at radius 1 is 0.920 bits per heavy atom. The average Bonchev–Trinajstić information content (AvgIpc) is 2.68. The monoisotopic (exact) mass is 334 g/mol. The first-order chi connectivity index (χ1) is 12.3. The molecule has 2 aromatic carbocycles. The Kier molecular flexibility index (Phi) is 6.05. The highest BCUT2D eigenvalue weighted by Crippen LogP contribution is 2.30. The second-order valence-electron chi connectivity index (χ2n) is 6.72. The van der Waals surface area contributed by atoms with Crippen LogP contribution in [0, 0.1) is 0 Å². The van der Waals surface area contributed by atoms with E-state index in [1.165, 1.54) is 40.7 Å². The van der Waals surface area contributed by atoms with Crippen molar-refractivity contribution in [2.45, 2.75) is 44.4 Å². The minimum atomic E-state index is 0.162. The van der Waals surface area contributed by atoms with Crippen molar-refractivity contribution in [1.82, 2.24) is 0 Å². The van der Waals surface area contributed by atoms with E-state index in [4.69, 9.17) is 4.74 Å². The molecule has 25 heavy (non-hydrogen) atoms. The average molecular weight is 334 g/mol. The van der Waals surface area contributed by atoms with Gasteiger partial charge < -0.3 is 9.53 Å². The van der Waals surface area contributed by atoms with Crippen LogP contribution in [0.5, 0.6) is 0 Å². The molecule has 0 radical (unpaired) electrons. The van der Waals surface area contributed by atoms with E-state index in [2.05, 4.69) is 36.4 Å². The number of fused-ring (bicyclic) bond motifs is 2. The lowest BCUT2D eigenvalue weighted by atomic mass is 9.84. The zero-order valence-electron chi connectivity index (χ0n) is 14.9. The van der Waals surface area contributed by atoms with Gasteiger partial charge in [0.25, 0.3) is 0 Å². The summed E-state index contributed by atoms with van der Waals surface area (Å²) in [5.41, 5.74) is 6.77. The molecule has 2 aliphatic rings. The van der Waals surface area contributed by atoms with Crippen molar-refractivity contribution >= 4 is 11.9 Å². The van der Waals surface area contributed by atoms with Crippen LogP contribution in [-0.4, -0.2) is 13.4 Å². The lowest BCUT2D eigenvalue weighted by molar-refractivity contribution is -0.109. The highest BCUT2D eigenvalue weighted by molar-refractivity contribution is 5.69. The zero-order valence-corrected chi connectivity index (χ0v) is 14.9. The maximum Gasteiger partial charge on any atom is 0.127 e. The molecule has 0 saturated heterocycles. The molecule has 2 aromatic rings. The Labute approximate surface area is 150 Å². The van der Waals surface area contributed by atoms with Gasteiger partial charge in [0.05, 0.1) is 13.4 Å². The molecular formula is C23H26O2. The van der Waals surface area contributed by atoms with Gasteiger partial charge in [0, 0.05) is 5.92 Å².